The molecular formula is C9H16. The van der Waals surface area contributed by atoms with Crippen LogP contribution < -0.4 is 0 Å². The Labute approximate surface area is 58.0 Å². The van der Waals surface area contributed by atoms with E-state index in [1.807, 2.05) is 0 Å². The molecule has 0 radical (unpaired) electrons. The molecule has 1 rings (SSSR count). The summed E-state index contributed by atoms with van der Waals surface area (Å²) in [5.74, 6) is 1.80. The van der Waals surface area contributed by atoms with Gasteiger partial charge in [0.05, 0.1) is 0 Å². The summed E-state index contributed by atoms with van der Waals surface area (Å²) in [6.45, 7) is 4.54. The molecule has 0 bridgehead atoms. The Morgan fingerprint density at radius 3 is 1.78 bits per heavy atom. The van der Waals surface area contributed by atoms with Crippen molar-refractivity contribution in [3.63, 3.8) is 0 Å². The first kappa shape index (κ1) is 6.85. The van der Waals surface area contributed by atoms with Gasteiger partial charge in [-0.05, 0) is 31.1 Å². The fourth-order valence-electron chi connectivity index (χ4n) is 1.47. The van der Waals surface area contributed by atoms with Crippen LogP contribution in [0.3, 0.4) is 0 Å². The van der Waals surface area contributed by atoms with E-state index < -0.39 is 0 Å². The molecule has 0 saturated heterocycles. The van der Waals surface area contributed by atoms with Gasteiger partial charge in [0.15, 0.2) is 0 Å². The fourth-order valence-corrected chi connectivity index (χ4v) is 1.47. The molecule has 52 valence electrons. The normalized spacial score (nSPS) is 33.6. The third-order valence-corrected chi connectivity index (χ3v) is 2.31. The Hall–Kier alpha value is -0.260. The van der Waals surface area contributed by atoms with Crippen LogP contribution in [-0.4, -0.2) is 0 Å². The molecule has 0 spiro atoms. The minimum Gasteiger partial charge on any atom is -0.0851 e. The number of hydrogen-bond acceptors (Lipinski definition) is 0. The molecule has 0 amide bonds. The van der Waals surface area contributed by atoms with Crippen LogP contribution in [0.2, 0.25) is 0 Å². The molecule has 9 heavy (non-hydrogen) atoms. The van der Waals surface area contributed by atoms with Gasteiger partial charge in [-0.1, -0.05) is 26.0 Å². The van der Waals surface area contributed by atoms with Crippen molar-refractivity contribution in [1.82, 2.24) is 0 Å². The first-order valence-corrected chi connectivity index (χ1v) is 4.05. The molecule has 0 heterocycles. The second-order valence-corrected chi connectivity index (χ2v) is 2.96. The molecule has 0 aromatic rings. The topological polar surface area (TPSA) is 0 Å². The van der Waals surface area contributed by atoms with Crippen LogP contribution in [0.25, 0.3) is 0 Å². The molecule has 0 N–H and O–H groups in total. The highest BCUT2D eigenvalue weighted by Crippen LogP contribution is 2.27. The zero-order chi connectivity index (χ0) is 6.69. The van der Waals surface area contributed by atoms with E-state index in [4.69, 9.17) is 0 Å². The Kier molecular flexibility index (Phi) is 2.32. The zero-order valence-corrected chi connectivity index (χ0v) is 6.43. The maximum atomic E-state index is 2.38. The van der Waals surface area contributed by atoms with Crippen molar-refractivity contribution in [3.8, 4) is 0 Å². The van der Waals surface area contributed by atoms with Gasteiger partial charge < -0.3 is 0 Å². The predicted molar refractivity (Wildman–Crippen MR) is 41.3 cm³/mol. The molecular weight excluding hydrogens is 108 g/mol. The predicted octanol–water partition coefficient (Wildman–Crippen LogP) is 3.00. The van der Waals surface area contributed by atoms with Crippen molar-refractivity contribution >= 4 is 0 Å². The summed E-state index contributed by atoms with van der Waals surface area (Å²) in [5, 5.41) is 0. The third-order valence-electron chi connectivity index (χ3n) is 2.31. The Morgan fingerprint density at radius 2 is 1.56 bits per heavy atom. The van der Waals surface area contributed by atoms with Gasteiger partial charge in [0, 0.05) is 0 Å². The summed E-state index contributed by atoms with van der Waals surface area (Å²) in [6.07, 6.45) is 8.83. The van der Waals surface area contributed by atoms with Crippen molar-refractivity contribution in [2.75, 3.05) is 0 Å². The zero-order valence-electron chi connectivity index (χ0n) is 6.43. The Balaban J connectivity index is 2.31. The molecule has 0 heteroatoms. The maximum absolute atomic E-state index is 2.38. The summed E-state index contributed by atoms with van der Waals surface area (Å²) in [4.78, 5) is 0. The standard InChI is InChI=1S/C9H16/c1-3-8-5-6-9(4-2)7-8/h5-6,8-9H,3-4,7H2,1-2H3/t8-,9+. The highest BCUT2D eigenvalue weighted by molar-refractivity contribution is 5.00. The molecule has 0 aromatic carbocycles. The van der Waals surface area contributed by atoms with Crippen molar-refractivity contribution in [2.24, 2.45) is 11.8 Å². The SMILES string of the molecule is CC[C@H]1C=C[C@@H](CC)C1. The van der Waals surface area contributed by atoms with E-state index in [2.05, 4.69) is 26.0 Å². The third kappa shape index (κ3) is 1.57. The average molecular weight is 124 g/mol. The van der Waals surface area contributed by atoms with E-state index in [0.717, 1.165) is 11.8 Å². The number of rotatable bonds is 2. The first-order valence-electron chi connectivity index (χ1n) is 4.05. The van der Waals surface area contributed by atoms with Gasteiger partial charge in [-0.25, -0.2) is 0 Å². The van der Waals surface area contributed by atoms with Crippen molar-refractivity contribution in [3.05, 3.63) is 12.2 Å². The van der Waals surface area contributed by atoms with Crippen LogP contribution in [0, 0.1) is 11.8 Å². The quantitative estimate of drug-likeness (QED) is 0.496. The molecule has 0 unspecified atom stereocenters. The van der Waals surface area contributed by atoms with E-state index in [1.54, 1.807) is 0 Å². The summed E-state index contributed by atoms with van der Waals surface area (Å²) < 4.78 is 0. The molecule has 0 aromatic heterocycles. The van der Waals surface area contributed by atoms with Gasteiger partial charge in [0.1, 0.15) is 0 Å². The lowest BCUT2D eigenvalue weighted by Gasteiger charge is -2.05. The number of allylic oxidation sites excluding steroid dienone is 2. The van der Waals surface area contributed by atoms with Gasteiger partial charge in [-0.3, -0.25) is 0 Å². The van der Waals surface area contributed by atoms with Crippen LogP contribution in [0.1, 0.15) is 33.1 Å². The molecule has 1 aliphatic rings. The van der Waals surface area contributed by atoms with Gasteiger partial charge in [-0.2, -0.15) is 0 Å². The highest BCUT2D eigenvalue weighted by atomic mass is 14.2. The van der Waals surface area contributed by atoms with Crippen LogP contribution in [-0.2, 0) is 0 Å². The lowest BCUT2D eigenvalue weighted by Crippen LogP contribution is -1.94. The van der Waals surface area contributed by atoms with E-state index in [9.17, 15) is 0 Å². The largest absolute Gasteiger partial charge is 0.0851 e. The van der Waals surface area contributed by atoms with Crippen molar-refractivity contribution in [2.45, 2.75) is 33.1 Å². The summed E-state index contributed by atoms with van der Waals surface area (Å²) in [7, 11) is 0. The molecule has 0 aliphatic heterocycles. The highest BCUT2D eigenvalue weighted by Gasteiger charge is 2.14. The molecule has 0 saturated carbocycles. The number of hydrogen-bond donors (Lipinski definition) is 0. The molecule has 1 aliphatic carbocycles. The van der Waals surface area contributed by atoms with Crippen LogP contribution in [0.5, 0.6) is 0 Å². The molecule has 2 atom stereocenters. The second kappa shape index (κ2) is 3.05. The van der Waals surface area contributed by atoms with Crippen LogP contribution in [0.4, 0.5) is 0 Å². The van der Waals surface area contributed by atoms with E-state index >= 15 is 0 Å². The Morgan fingerprint density at radius 1 is 1.11 bits per heavy atom. The summed E-state index contributed by atoms with van der Waals surface area (Å²) >= 11 is 0. The van der Waals surface area contributed by atoms with E-state index in [-0.39, 0.29) is 0 Å². The monoisotopic (exact) mass is 124 g/mol. The smallest absolute Gasteiger partial charge is 0.0230 e. The average Bonchev–Trinajstić information content (AvgIpc) is 2.34. The van der Waals surface area contributed by atoms with Crippen LogP contribution >= 0.6 is 0 Å². The van der Waals surface area contributed by atoms with Gasteiger partial charge in [-0.15, -0.1) is 0 Å². The minimum atomic E-state index is 0.898. The molecule has 0 fully saturated rings. The molecule has 0 nitrogen and oxygen atoms in total. The van der Waals surface area contributed by atoms with Gasteiger partial charge in [0.25, 0.3) is 0 Å². The van der Waals surface area contributed by atoms with E-state index in [1.165, 1.54) is 19.3 Å². The summed E-state index contributed by atoms with van der Waals surface area (Å²) in [5.41, 5.74) is 0. The second-order valence-electron chi connectivity index (χ2n) is 2.96. The minimum absolute atomic E-state index is 0.898. The first-order chi connectivity index (χ1) is 4.36. The van der Waals surface area contributed by atoms with Gasteiger partial charge >= 0.3 is 0 Å². The lowest BCUT2D eigenvalue weighted by molar-refractivity contribution is 0.501. The van der Waals surface area contributed by atoms with E-state index in [0.29, 0.717) is 0 Å². The van der Waals surface area contributed by atoms with Crippen molar-refractivity contribution in [1.29, 1.82) is 0 Å². The van der Waals surface area contributed by atoms with Crippen LogP contribution in [0.15, 0.2) is 12.2 Å². The van der Waals surface area contributed by atoms with Crippen molar-refractivity contribution < 1.29 is 0 Å². The summed E-state index contributed by atoms with van der Waals surface area (Å²) in [6, 6.07) is 0. The Bertz CT molecular complexity index is 90.6. The fraction of sp³-hybridized carbons (Fsp3) is 0.778. The maximum Gasteiger partial charge on any atom is -0.0230 e. The lowest BCUT2D eigenvalue weighted by atomic mass is 10.00. The van der Waals surface area contributed by atoms with Gasteiger partial charge in [0.2, 0.25) is 0 Å².